The third-order valence-corrected chi connectivity index (χ3v) is 6.52. The fraction of sp³-hybridized carbons (Fsp3) is 0.273. The fourth-order valence-corrected chi connectivity index (χ4v) is 3.70. The molecule has 0 amide bonds. The lowest BCUT2D eigenvalue weighted by Crippen LogP contribution is -2.24. The van der Waals surface area contributed by atoms with Crippen LogP contribution in [0.1, 0.15) is 13.3 Å². The second kappa shape index (κ2) is 9.65. The summed E-state index contributed by atoms with van der Waals surface area (Å²) in [5.41, 5.74) is 0.955. The van der Waals surface area contributed by atoms with Gasteiger partial charge in [-0.05, 0) is 60.1 Å². The molecule has 3 rings (SSSR count). The average molecular weight is 463 g/mol. The van der Waals surface area contributed by atoms with Crippen molar-refractivity contribution in [2.24, 2.45) is 5.92 Å². The lowest BCUT2D eigenvalue weighted by molar-refractivity contribution is 0.286. The van der Waals surface area contributed by atoms with Crippen LogP contribution in [-0.2, 0) is 9.84 Å². The number of rotatable bonds is 8. The van der Waals surface area contributed by atoms with Gasteiger partial charge in [0, 0.05) is 11.8 Å². The first kappa shape index (κ1) is 23.0. The van der Waals surface area contributed by atoms with Gasteiger partial charge in [-0.1, -0.05) is 19.1 Å². The number of halogens is 1. The van der Waals surface area contributed by atoms with Crippen LogP contribution in [0.3, 0.4) is 0 Å². The van der Waals surface area contributed by atoms with Gasteiger partial charge in [-0.3, -0.25) is 4.79 Å². The third kappa shape index (κ3) is 5.54. The largest absolute Gasteiger partial charge is 0.487 e. The number of hydrogen-bond acceptors (Lipinski definition) is 6. The van der Waals surface area contributed by atoms with E-state index in [-0.39, 0.29) is 10.6 Å². The first-order valence-corrected chi connectivity index (χ1v) is 12.2. The van der Waals surface area contributed by atoms with E-state index in [4.69, 9.17) is 4.74 Å². The molecule has 31 heavy (non-hydrogen) atoms. The molecule has 1 heterocycles. The van der Waals surface area contributed by atoms with Gasteiger partial charge in [0.15, 0.2) is 15.6 Å². The summed E-state index contributed by atoms with van der Waals surface area (Å²) < 4.78 is 43.8. The quantitative estimate of drug-likeness (QED) is 0.516. The zero-order valence-corrected chi connectivity index (χ0v) is 18.9. The molecule has 0 aliphatic rings. The van der Waals surface area contributed by atoms with Crippen LogP contribution < -0.4 is 10.3 Å². The highest BCUT2D eigenvalue weighted by Crippen LogP contribution is 2.28. The number of nitrogens with zero attached hydrogens (tertiary/aromatic N) is 2. The van der Waals surface area contributed by atoms with Crippen molar-refractivity contribution in [2.75, 3.05) is 18.6 Å². The van der Waals surface area contributed by atoms with Crippen LogP contribution in [0.25, 0.3) is 16.8 Å². The molecule has 0 aliphatic heterocycles. The molecule has 0 saturated carbocycles. The zero-order valence-electron chi connectivity index (χ0n) is 17.2. The Balaban J connectivity index is 2.06. The molecule has 0 N–H and O–H groups in total. The molecule has 1 atom stereocenters. The summed E-state index contributed by atoms with van der Waals surface area (Å²) in [4.78, 5) is 13.4. The van der Waals surface area contributed by atoms with Crippen LogP contribution in [0.5, 0.6) is 5.75 Å². The molecule has 0 radical (unpaired) electrons. The summed E-state index contributed by atoms with van der Waals surface area (Å²) in [5.74, 6) is 0.677. The molecule has 0 bridgehead atoms. The predicted octanol–water partition coefficient (Wildman–Crippen LogP) is 3.78. The van der Waals surface area contributed by atoms with Crippen molar-refractivity contribution in [2.45, 2.75) is 18.2 Å². The summed E-state index contributed by atoms with van der Waals surface area (Å²) in [6.45, 7) is 2.34. The second-order valence-electron chi connectivity index (χ2n) is 7.30. The first-order valence-electron chi connectivity index (χ1n) is 9.63. The summed E-state index contributed by atoms with van der Waals surface area (Å²) in [5, 5.41) is 4.22. The van der Waals surface area contributed by atoms with Gasteiger partial charge in [0.25, 0.3) is 0 Å². The van der Waals surface area contributed by atoms with Gasteiger partial charge in [-0.15, -0.1) is 0 Å². The van der Waals surface area contributed by atoms with Crippen LogP contribution in [0.4, 0.5) is 4.39 Å². The van der Waals surface area contributed by atoms with Crippen molar-refractivity contribution < 1.29 is 17.5 Å². The van der Waals surface area contributed by atoms with Gasteiger partial charge in [-0.25, -0.2) is 12.8 Å². The van der Waals surface area contributed by atoms with E-state index in [1.165, 1.54) is 42.6 Å². The van der Waals surface area contributed by atoms with E-state index >= 15 is 0 Å². The van der Waals surface area contributed by atoms with Crippen LogP contribution in [0, 0.1) is 11.7 Å². The molecule has 6 nitrogen and oxygen atoms in total. The Kier molecular flexibility index (Phi) is 7.17. The SMILES string of the molecule is CC(CS)CCOc1c(-c2ccc(S(C)(=O)=O)cc2)cnn(-c2ccc(F)cc2)c1=O. The van der Waals surface area contributed by atoms with Crippen LogP contribution >= 0.6 is 12.6 Å². The van der Waals surface area contributed by atoms with Crippen LogP contribution in [0.15, 0.2) is 64.4 Å². The summed E-state index contributed by atoms with van der Waals surface area (Å²) >= 11 is 4.27. The fourth-order valence-electron chi connectivity index (χ4n) is 2.88. The van der Waals surface area contributed by atoms with Gasteiger partial charge in [0.2, 0.25) is 0 Å². The minimum atomic E-state index is -3.34. The number of aromatic nitrogens is 2. The minimum absolute atomic E-state index is 0.0952. The van der Waals surface area contributed by atoms with Gasteiger partial charge >= 0.3 is 5.56 Å². The zero-order chi connectivity index (χ0) is 22.6. The molecular weight excluding hydrogens is 439 g/mol. The molecule has 9 heteroatoms. The highest BCUT2D eigenvalue weighted by atomic mass is 32.2. The Morgan fingerprint density at radius 3 is 2.35 bits per heavy atom. The van der Waals surface area contributed by atoms with Gasteiger partial charge in [-0.2, -0.15) is 22.4 Å². The standard InChI is InChI=1S/C22H23FN2O4S2/c1-15(14-30)11-12-29-21-20(16-3-9-19(10-4-16)31(2,27)28)13-24-25(22(21)26)18-7-5-17(23)6-8-18/h3-10,13,15,30H,11-12,14H2,1-2H3. The molecule has 2 aromatic carbocycles. The Labute approximate surface area is 186 Å². The van der Waals surface area contributed by atoms with E-state index in [1.54, 1.807) is 12.1 Å². The lowest BCUT2D eigenvalue weighted by atomic mass is 10.1. The Morgan fingerprint density at radius 1 is 1.13 bits per heavy atom. The van der Waals surface area contributed by atoms with Gasteiger partial charge in [0.05, 0.1) is 23.4 Å². The molecule has 3 aromatic rings. The molecular formula is C22H23FN2O4S2. The van der Waals surface area contributed by atoms with E-state index in [1.807, 2.05) is 6.92 Å². The second-order valence-corrected chi connectivity index (χ2v) is 9.68. The van der Waals surface area contributed by atoms with Crippen LogP contribution in [0.2, 0.25) is 0 Å². The van der Waals surface area contributed by atoms with Crippen molar-refractivity contribution in [3.05, 3.63) is 70.9 Å². The molecule has 0 fully saturated rings. The maximum absolute atomic E-state index is 13.3. The maximum Gasteiger partial charge on any atom is 0.314 e. The average Bonchev–Trinajstić information content (AvgIpc) is 2.75. The molecule has 0 aliphatic carbocycles. The Bertz CT molecular complexity index is 1210. The molecule has 164 valence electrons. The summed E-state index contributed by atoms with van der Waals surface area (Å²) in [6.07, 6.45) is 3.32. The van der Waals surface area contributed by atoms with E-state index in [0.717, 1.165) is 10.9 Å². The number of benzene rings is 2. The van der Waals surface area contributed by atoms with E-state index in [0.29, 0.717) is 41.5 Å². The minimum Gasteiger partial charge on any atom is -0.487 e. The van der Waals surface area contributed by atoms with Crippen molar-refractivity contribution in [3.8, 4) is 22.6 Å². The molecule has 1 unspecified atom stereocenters. The number of thiol groups is 1. The van der Waals surface area contributed by atoms with E-state index in [2.05, 4.69) is 17.7 Å². The van der Waals surface area contributed by atoms with Gasteiger partial charge in [0.1, 0.15) is 5.82 Å². The first-order chi connectivity index (χ1) is 14.7. The normalized spacial score (nSPS) is 12.5. The summed E-state index contributed by atoms with van der Waals surface area (Å²) in [7, 11) is -3.34. The number of hydrogen-bond donors (Lipinski definition) is 1. The van der Waals surface area contributed by atoms with Crippen molar-refractivity contribution in [3.63, 3.8) is 0 Å². The molecule has 0 spiro atoms. The molecule has 0 saturated heterocycles. The third-order valence-electron chi connectivity index (χ3n) is 4.77. The Hall–Kier alpha value is -2.65. The monoisotopic (exact) mass is 462 g/mol. The van der Waals surface area contributed by atoms with E-state index < -0.39 is 21.2 Å². The van der Waals surface area contributed by atoms with Crippen molar-refractivity contribution >= 4 is 22.5 Å². The predicted molar refractivity (Wildman–Crippen MR) is 121 cm³/mol. The van der Waals surface area contributed by atoms with Crippen LogP contribution in [-0.4, -0.2) is 36.8 Å². The lowest BCUT2D eigenvalue weighted by Gasteiger charge is -2.15. The highest BCUT2D eigenvalue weighted by molar-refractivity contribution is 7.90. The maximum atomic E-state index is 13.3. The topological polar surface area (TPSA) is 78.3 Å². The van der Waals surface area contributed by atoms with Crippen molar-refractivity contribution in [1.82, 2.24) is 9.78 Å². The van der Waals surface area contributed by atoms with Gasteiger partial charge < -0.3 is 4.74 Å². The molecule has 1 aromatic heterocycles. The smallest absolute Gasteiger partial charge is 0.314 e. The summed E-state index contributed by atoms with van der Waals surface area (Å²) in [6, 6.07) is 11.6. The highest BCUT2D eigenvalue weighted by Gasteiger charge is 2.17. The number of ether oxygens (including phenoxy) is 1. The van der Waals surface area contributed by atoms with Crippen molar-refractivity contribution in [1.29, 1.82) is 0 Å². The Morgan fingerprint density at radius 2 is 1.77 bits per heavy atom. The van der Waals surface area contributed by atoms with E-state index in [9.17, 15) is 17.6 Å². The number of sulfone groups is 1.